The van der Waals surface area contributed by atoms with Crippen molar-refractivity contribution in [1.82, 2.24) is 0 Å². The molecule has 1 atom stereocenters. The molecule has 36 valence electrons. The van der Waals surface area contributed by atoms with E-state index in [0.29, 0.717) is 0 Å². The highest BCUT2D eigenvalue weighted by Crippen LogP contribution is 1.96. The number of hydrogen-bond acceptors (Lipinski definition) is 1. The average molecular weight is 86.2 g/mol. The predicted octanol–water partition coefficient (Wildman–Crippen LogP) is 0.948. The Hall–Kier alpha value is -0.170. The Labute approximate surface area is 39.5 Å². The van der Waals surface area contributed by atoms with E-state index in [9.17, 15) is 0 Å². The number of rotatable bonds is 1. The van der Waals surface area contributed by atoms with Crippen LogP contribution in [0.4, 0.5) is 0 Å². The Morgan fingerprint density at radius 2 is 1.67 bits per heavy atom. The molecule has 0 rings (SSSR count). The molecular formula is C5H12N+. The van der Waals surface area contributed by atoms with Gasteiger partial charge in [0.25, 0.3) is 0 Å². The first-order valence-electron chi connectivity index (χ1n) is 2.20. The van der Waals surface area contributed by atoms with Crippen molar-refractivity contribution in [3.63, 3.8) is 0 Å². The van der Waals surface area contributed by atoms with Crippen LogP contribution in [0, 0.1) is 5.92 Å². The molecule has 2 N–H and O–H groups in total. The second-order valence-corrected chi connectivity index (χ2v) is 1.87. The lowest BCUT2D eigenvalue weighted by molar-refractivity contribution is 0.755. The summed E-state index contributed by atoms with van der Waals surface area (Å²) in [5, 5.41) is 0. The van der Waals surface area contributed by atoms with Crippen LogP contribution in [0.1, 0.15) is 20.8 Å². The molecule has 1 unspecified atom stereocenters. The summed E-state index contributed by atoms with van der Waals surface area (Å²) >= 11 is 0. The van der Waals surface area contributed by atoms with Crippen molar-refractivity contribution in [2.24, 2.45) is 5.73 Å². The number of hydrogen-bond donors (Lipinski definition) is 1. The van der Waals surface area contributed by atoms with Gasteiger partial charge in [0.15, 0.2) is 0 Å². The third kappa shape index (κ3) is 2.09. The fourth-order valence-corrected chi connectivity index (χ4v) is 0. The van der Waals surface area contributed by atoms with Gasteiger partial charge in [-0.25, -0.2) is 0 Å². The zero-order chi connectivity index (χ0) is 5.15. The minimum absolute atomic E-state index is 0.269. The van der Waals surface area contributed by atoms with Crippen LogP contribution in [0.3, 0.4) is 0 Å². The molecule has 0 heterocycles. The molecule has 0 radical (unpaired) electrons. The van der Waals surface area contributed by atoms with Gasteiger partial charge in [0, 0.05) is 0 Å². The van der Waals surface area contributed by atoms with Gasteiger partial charge in [0.05, 0.1) is 13.8 Å². The lowest BCUT2D eigenvalue weighted by Gasteiger charge is -1.94. The van der Waals surface area contributed by atoms with Crippen molar-refractivity contribution in [3.05, 3.63) is 5.92 Å². The highest BCUT2D eigenvalue weighted by molar-refractivity contribution is 4.86. The van der Waals surface area contributed by atoms with E-state index < -0.39 is 0 Å². The molecule has 1 heteroatoms. The highest BCUT2D eigenvalue weighted by Gasteiger charge is 2.08. The van der Waals surface area contributed by atoms with Crippen LogP contribution < -0.4 is 5.73 Å². The summed E-state index contributed by atoms with van der Waals surface area (Å²) in [5.74, 6) is 1.29. The van der Waals surface area contributed by atoms with Gasteiger partial charge in [-0.1, -0.05) is 0 Å². The van der Waals surface area contributed by atoms with Crippen LogP contribution in [0.2, 0.25) is 0 Å². The van der Waals surface area contributed by atoms with Gasteiger partial charge in [0.2, 0.25) is 0 Å². The maximum Gasteiger partial charge on any atom is 0.145 e. The topological polar surface area (TPSA) is 26.0 Å². The zero-order valence-electron chi connectivity index (χ0n) is 4.65. The first-order valence-corrected chi connectivity index (χ1v) is 2.20. The molecule has 0 fully saturated rings. The molecule has 0 aromatic heterocycles. The third-order valence-electron chi connectivity index (χ3n) is 0.911. The van der Waals surface area contributed by atoms with Crippen LogP contribution in [0.5, 0.6) is 0 Å². The molecule has 0 saturated carbocycles. The Bertz CT molecular complexity index is 24.9. The van der Waals surface area contributed by atoms with E-state index in [-0.39, 0.29) is 6.04 Å². The van der Waals surface area contributed by atoms with Crippen LogP contribution in [-0.4, -0.2) is 6.04 Å². The third-order valence-corrected chi connectivity index (χ3v) is 0.911. The average Bonchev–Trinajstić information content (AvgIpc) is 1.36. The van der Waals surface area contributed by atoms with Gasteiger partial charge in [-0.3, -0.25) is 5.73 Å². The molecule has 0 saturated heterocycles. The van der Waals surface area contributed by atoms with Crippen molar-refractivity contribution >= 4 is 0 Å². The molecule has 0 aromatic rings. The van der Waals surface area contributed by atoms with Gasteiger partial charge in [-0.2, -0.15) is 0 Å². The summed E-state index contributed by atoms with van der Waals surface area (Å²) in [6.07, 6.45) is 0. The molecule has 0 bridgehead atoms. The van der Waals surface area contributed by atoms with Crippen molar-refractivity contribution < 1.29 is 0 Å². The monoisotopic (exact) mass is 86.1 g/mol. The smallest absolute Gasteiger partial charge is 0.145 e. The summed E-state index contributed by atoms with van der Waals surface area (Å²) in [7, 11) is 0. The summed E-state index contributed by atoms with van der Waals surface area (Å²) < 4.78 is 0. The van der Waals surface area contributed by atoms with Gasteiger partial charge in [0.1, 0.15) is 12.0 Å². The van der Waals surface area contributed by atoms with Crippen molar-refractivity contribution in [1.29, 1.82) is 0 Å². The number of nitrogens with two attached hydrogens (primary N) is 1. The Kier molecular flexibility index (Phi) is 2.03. The summed E-state index contributed by atoms with van der Waals surface area (Å²) in [6, 6.07) is 0.269. The fourth-order valence-electron chi connectivity index (χ4n) is 0. The lowest BCUT2D eigenvalue weighted by Crippen LogP contribution is -2.19. The summed E-state index contributed by atoms with van der Waals surface area (Å²) in [6.45, 7) is 6.05. The molecule has 0 aliphatic carbocycles. The second-order valence-electron chi connectivity index (χ2n) is 1.87. The molecule has 0 aromatic carbocycles. The maximum absolute atomic E-state index is 5.40. The summed E-state index contributed by atoms with van der Waals surface area (Å²) in [5.41, 5.74) is 5.40. The van der Waals surface area contributed by atoms with E-state index in [2.05, 4.69) is 0 Å². The first-order chi connectivity index (χ1) is 2.64. The molecule has 6 heavy (non-hydrogen) atoms. The molecule has 1 nitrogen and oxygen atoms in total. The van der Waals surface area contributed by atoms with Gasteiger partial charge in [-0.15, -0.1) is 0 Å². The van der Waals surface area contributed by atoms with E-state index in [0.717, 1.165) is 0 Å². The van der Waals surface area contributed by atoms with E-state index >= 15 is 0 Å². The zero-order valence-corrected chi connectivity index (χ0v) is 4.65. The van der Waals surface area contributed by atoms with Crippen LogP contribution in [0.15, 0.2) is 0 Å². The Morgan fingerprint density at radius 3 is 1.67 bits per heavy atom. The Balaban J connectivity index is 2.99. The van der Waals surface area contributed by atoms with Gasteiger partial charge >= 0.3 is 0 Å². The first kappa shape index (κ1) is 5.83. The maximum atomic E-state index is 5.40. The van der Waals surface area contributed by atoms with E-state index in [1.54, 1.807) is 0 Å². The largest absolute Gasteiger partial charge is 0.291 e. The Morgan fingerprint density at radius 1 is 1.50 bits per heavy atom. The standard InChI is InChI=1S/C5H12N/c1-4(2)5(3)6/h5H,6H2,1-3H3/q+1. The highest BCUT2D eigenvalue weighted by atomic mass is 14.6. The molecular weight excluding hydrogens is 74.1 g/mol. The van der Waals surface area contributed by atoms with Gasteiger partial charge < -0.3 is 0 Å². The second kappa shape index (κ2) is 2.08. The van der Waals surface area contributed by atoms with Crippen molar-refractivity contribution in [2.45, 2.75) is 26.8 Å². The molecule has 0 amide bonds. The van der Waals surface area contributed by atoms with E-state index in [1.165, 1.54) is 5.92 Å². The minimum atomic E-state index is 0.269. The van der Waals surface area contributed by atoms with Crippen LogP contribution in [0.25, 0.3) is 0 Å². The lowest BCUT2D eigenvalue weighted by atomic mass is 10.1. The minimum Gasteiger partial charge on any atom is -0.291 e. The van der Waals surface area contributed by atoms with Crippen molar-refractivity contribution in [2.75, 3.05) is 0 Å². The van der Waals surface area contributed by atoms with Crippen molar-refractivity contribution in [3.8, 4) is 0 Å². The van der Waals surface area contributed by atoms with E-state index in [1.807, 2.05) is 20.8 Å². The molecule has 0 aliphatic heterocycles. The molecule has 0 aliphatic rings. The quantitative estimate of drug-likeness (QED) is 0.472. The predicted molar refractivity (Wildman–Crippen MR) is 28.2 cm³/mol. The van der Waals surface area contributed by atoms with Crippen LogP contribution in [-0.2, 0) is 0 Å². The normalized spacial score (nSPS) is 14.0. The molecule has 0 spiro atoms. The van der Waals surface area contributed by atoms with Crippen LogP contribution >= 0.6 is 0 Å². The fraction of sp³-hybridized carbons (Fsp3) is 0.800. The van der Waals surface area contributed by atoms with E-state index in [4.69, 9.17) is 5.73 Å². The SMILES string of the molecule is C[C+](C)C(C)N. The van der Waals surface area contributed by atoms with Gasteiger partial charge in [-0.05, 0) is 6.92 Å². The summed E-state index contributed by atoms with van der Waals surface area (Å²) in [4.78, 5) is 0.